The van der Waals surface area contributed by atoms with Crippen molar-refractivity contribution in [3.8, 4) is 0 Å². The van der Waals surface area contributed by atoms with Crippen molar-refractivity contribution in [3.05, 3.63) is 42.5 Å². The van der Waals surface area contributed by atoms with Gasteiger partial charge in [0.15, 0.2) is 6.61 Å². The summed E-state index contributed by atoms with van der Waals surface area (Å²) in [5.41, 5.74) is 0. The van der Waals surface area contributed by atoms with Crippen LogP contribution in [0.15, 0.2) is 47.4 Å². The van der Waals surface area contributed by atoms with Crippen molar-refractivity contribution in [1.82, 2.24) is 9.62 Å². The van der Waals surface area contributed by atoms with Gasteiger partial charge in [0.05, 0.1) is 4.90 Å². The highest BCUT2D eigenvalue weighted by Gasteiger charge is 2.24. The van der Waals surface area contributed by atoms with Crippen LogP contribution in [-0.4, -0.2) is 51.3 Å². The SMILES string of the molecule is CCCCCNC(=O)COC(=O)CN(C)S(=O)(=O)c1ccc2ccccc2c1. The standard InChI is InChI=1S/C20H26N2O5S/c1-3-4-7-12-21-19(23)15-27-20(24)14-22(2)28(25,26)18-11-10-16-8-5-6-9-17(16)13-18/h5-6,8-11,13H,3-4,7,12,14-15H2,1-2H3,(H,21,23). The molecule has 0 spiro atoms. The second kappa shape index (κ2) is 10.2. The third-order valence-corrected chi connectivity index (χ3v) is 6.05. The molecule has 1 amide bonds. The lowest BCUT2D eigenvalue weighted by molar-refractivity contribution is -0.148. The average Bonchev–Trinajstić information content (AvgIpc) is 2.69. The zero-order chi connectivity index (χ0) is 20.6. The lowest BCUT2D eigenvalue weighted by Gasteiger charge is -2.16. The maximum absolute atomic E-state index is 12.7. The molecule has 0 saturated carbocycles. The summed E-state index contributed by atoms with van der Waals surface area (Å²) in [5, 5.41) is 4.37. The molecular formula is C20H26N2O5S. The van der Waals surface area contributed by atoms with Gasteiger partial charge in [-0.1, -0.05) is 50.1 Å². The van der Waals surface area contributed by atoms with E-state index >= 15 is 0 Å². The molecule has 0 fully saturated rings. The normalized spacial score (nSPS) is 11.5. The topological polar surface area (TPSA) is 92.8 Å². The molecule has 0 saturated heterocycles. The molecule has 7 nitrogen and oxygen atoms in total. The Morgan fingerprint density at radius 1 is 1.07 bits per heavy atom. The minimum atomic E-state index is -3.85. The van der Waals surface area contributed by atoms with Crippen molar-refractivity contribution < 1.29 is 22.7 Å². The van der Waals surface area contributed by atoms with Crippen molar-refractivity contribution >= 4 is 32.7 Å². The zero-order valence-electron chi connectivity index (χ0n) is 16.2. The molecule has 0 aliphatic heterocycles. The van der Waals surface area contributed by atoms with E-state index in [1.165, 1.54) is 13.1 Å². The highest BCUT2D eigenvalue weighted by atomic mass is 32.2. The molecule has 0 aliphatic rings. The van der Waals surface area contributed by atoms with E-state index in [1.54, 1.807) is 12.1 Å². The second-order valence-electron chi connectivity index (χ2n) is 6.49. The molecule has 2 aromatic rings. The van der Waals surface area contributed by atoms with E-state index in [4.69, 9.17) is 4.74 Å². The Morgan fingerprint density at radius 3 is 2.50 bits per heavy atom. The summed E-state index contributed by atoms with van der Waals surface area (Å²) in [6.07, 6.45) is 2.92. The Labute approximate surface area is 165 Å². The summed E-state index contributed by atoms with van der Waals surface area (Å²) in [5.74, 6) is -1.18. The number of nitrogens with one attached hydrogen (secondary N) is 1. The lowest BCUT2D eigenvalue weighted by Crippen LogP contribution is -2.35. The van der Waals surface area contributed by atoms with E-state index < -0.39 is 35.1 Å². The second-order valence-corrected chi connectivity index (χ2v) is 8.53. The van der Waals surface area contributed by atoms with Crippen LogP contribution in [0.25, 0.3) is 10.8 Å². The van der Waals surface area contributed by atoms with Gasteiger partial charge >= 0.3 is 5.97 Å². The molecule has 152 valence electrons. The average molecular weight is 407 g/mol. The highest BCUT2D eigenvalue weighted by molar-refractivity contribution is 7.89. The first-order chi connectivity index (χ1) is 13.3. The first-order valence-corrected chi connectivity index (χ1v) is 10.7. The summed E-state index contributed by atoms with van der Waals surface area (Å²) >= 11 is 0. The van der Waals surface area contributed by atoms with E-state index in [2.05, 4.69) is 12.2 Å². The van der Waals surface area contributed by atoms with Crippen LogP contribution in [0.4, 0.5) is 0 Å². The molecule has 0 unspecified atom stereocenters. The number of hydrogen-bond donors (Lipinski definition) is 1. The van der Waals surface area contributed by atoms with Gasteiger partial charge in [-0.2, -0.15) is 4.31 Å². The van der Waals surface area contributed by atoms with Crippen LogP contribution < -0.4 is 5.32 Å². The smallest absolute Gasteiger partial charge is 0.321 e. The molecule has 8 heteroatoms. The maximum Gasteiger partial charge on any atom is 0.321 e. The molecule has 0 bridgehead atoms. The van der Waals surface area contributed by atoms with Gasteiger partial charge in [0.1, 0.15) is 6.54 Å². The third kappa shape index (κ3) is 6.03. The fraction of sp³-hybridized carbons (Fsp3) is 0.400. The number of ether oxygens (including phenoxy) is 1. The largest absolute Gasteiger partial charge is 0.455 e. The minimum absolute atomic E-state index is 0.0927. The number of likely N-dealkylation sites (N-methyl/N-ethyl adjacent to an activating group) is 1. The molecule has 0 aromatic heterocycles. The number of carbonyl (C=O) groups excluding carboxylic acids is 2. The van der Waals surface area contributed by atoms with Gasteiger partial charge < -0.3 is 10.1 Å². The van der Waals surface area contributed by atoms with Crippen molar-refractivity contribution in [2.75, 3.05) is 26.7 Å². The summed E-state index contributed by atoms with van der Waals surface area (Å²) in [7, 11) is -2.55. The monoisotopic (exact) mass is 406 g/mol. The number of carbonyl (C=O) groups is 2. The van der Waals surface area contributed by atoms with Crippen LogP contribution >= 0.6 is 0 Å². The van der Waals surface area contributed by atoms with E-state index in [0.29, 0.717) is 6.54 Å². The van der Waals surface area contributed by atoms with E-state index in [1.807, 2.05) is 24.3 Å². The number of hydrogen-bond acceptors (Lipinski definition) is 5. The van der Waals surface area contributed by atoms with Crippen LogP contribution in [0.3, 0.4) is 0 Å². The van der Waals surface area contributed by atoms with Crippen LogP contribution in [0.1, 0.15) is 26.2 Å². The molecule has 0 heterocycles. The predicted molar refractivity (Wildman–Crippen MR) is 107 cm³/mol. The van der Waals surface area contributed by atoms with Crippen LogP contribution in [0, 0.1) is 0 Å². The van der Waals surface area contributed by atoms with Gasteiger partial charge in [-0.15, -0.1) is 0 Å². The number of sulfonamides is 1. The number of amides is 1. The first kappa shape index (κ1) is 21.8. The zero-order valence-corrected chi connectivity index (χ0v) is 17.0. The van der Waals surface area contributed by atoms with Crippen molar-refractivity contribution in [2.24, 2.45) is 0 Å². The van der Waals surface area contributed by atoms with Crippen molar-refractivity contribution in [3.63, 3.8) is 0 Å². The van der Waals surface area contributed by atoms with Gasteiger partial charge in [-0.25, -0.2) is 8.42 Å². The van der Waals surface area contributed by atoms with Crippen LogP contribution in [-0.2, 0) is 24.3 Å². The molecule has 28 heavy (non-hydrogen) atoms. The summed E-state index contributed by atoms with van der Waals surface area (Å²) < 4.78 is 31.2. The molecule has 0 radical (unpaired) electrons. The number of fused-ring (bicyclic) bond motifs is 1. The van der Waals surface area contributed by atoms with Gasteiger partial charge in [0, 0.05) is 13.6 Å². The summed E-state index contributed by atoms with van der Waals surface area (Å²) in [6.45, 7) is 1.69. The summed E-state index contributed by atoms with van der Waals surface area (Å²) in [4.78, 5) is 23.6. The number of rotatable bonds is 10. The third-order valence-electron chi connectivity index (χ3n) is 4.25. The van der Waals surface area contributed by atoms with Gasteiger partial charge in [0.25, 0.3) is 5.91 Å². The number of esters is 1. The van der Waals surface area contributed by atoms with Gasteiger partial charge in [-0.05, 0) is 29.3 Å². The Balaban J connectivity index is 1.90. The Kier molecular flexibility index (Phi) is 7.95. The molecular weight excluding hydrogens is 380 g/mol. The Morgan fingerprint density at radius 2 is 1.79 bits per heavy atom. The number of nitrogens with zero attached hydrogens (tertiary/aromatic N) is 1. The maximum atomic E-state index is 12.7. The first-order valence-electron chi connectivity index (χ1n) is 9.22. The van der Waals surface area contributed by atoms with Crippen molar-refractivity contribution in [2.45, 2.75) is 31.1 Å². The molecule has 2 rings (SSSR count). The number of benzene rings is 2. The van der Waals surface area contributed by atoms with Crippen LogP contribution in [0.2, 0.25) is 0 Å². The number of unbranched alkanes of at least 4 members (excludes halogenated alkanes) is 2. The predicted octanol–water partition coefficient (Wildman–Crippen LogP) is 2.31. The highest BCUT2D eigenvalue weighted by Crippen LogP contribution is 2.21. The van der Waals surface area contributed by atoms with E-state index in [0.717, 1.165) is 34.3 Å². The van der Waals surface area contributed by atoms with E-state index in [-0.39, 0.29) is 4.90 Å². The molecule has 0 atom stereocenters. The Bertz CT molecular complexity index is 927. The fourth-order valence-corrected chi connectivity index (χ4v) is 3.77. The minimum Gasteiger partial charge on any atom is -0.455 e. The molecule has 2 aromatic carbocycles. The fourth-order valence-electron chi connectivity index (χ4n) is 2.62. The summed E-state index contributed by atoms with van der Waals surface area (Å²) in [6, 6.07) is 12.2. The molecule has 0 aliphatic carbocycles. The van der Waals surface area contributed by atoms with Crippen LogP contribution in [0.5, 0.6) is 0 Å². The van der Waals surface area contributed by atoms with Gasteiger partial charge in [-0.3, -0.25) is 9.59 Å². The van der Waals surface area contributed by atoms with Gasteiger partial charge in [0.2, 0.25) is 10.0 Å². The van der Waals surface area contributed by atoms with E-state index in [9.17, 15) is 18.0 Å². The lowest BCUT2D eigenvalue weighted by atomic mass is 10.1. The van der Waals surface area contributed by atoms with Crippen molar-refractivity contribution in [1.29, 1.82) is 0 Å². The Hall–Kier alpha value is -2.45. The molecule has 1 N–H and O–H groups in total. The quantitative estimate of drug-likeness (QED) is 0.483.